The second-order valence-corrected chi connectivity index (χ2v) is 3.62. The third-order valence-electron chi connectivity index (χ3n) is 3.00. The first-order valence-corrected chi connectivity index (χ1v) is 5.01. The summed E-state index contributed by atoms with van der Waals surface area (Å²) in [5.74, 6) is -0.492. The van der Waals surface area contributed by atoms with Gasteiger partial charge in [-0.05, 0) is 11.8 Å². The average Bonchev–Trinajstić information content (AvgIpc) is 2.07. The molecule has 78 valence electrons. The number of aliphatic carboxylic acids is 1. The maximum atomic E-state index is 10.8. The molecular weight excluding hydrogens is 166 g/mol. The van der Waals surface area contributed by atoms with Crippen molar-refractivity contribution in [1.82, 2.24) is 0 Å². The van der Waals surface area contributed by atoms with Gasteiger partial charge in [0.15, 0.2) is 0 Å². The highest BCUT2D eigenvalue weighted by molar-refractivity contribution is 5.70. The van der Waals surface area contributed by atoms with Gasteiger partial charge < -0.3 is 10.8 Å². The molecule has 0 amide bonds. The summed E-state index contributed by atoms with van der Waals surface area (Å²) < 4.78 is 0. The van der Waals surface area contributed by atoms with Gasteiger partial charge in [0.25, 0.3) is 0 Å². The molecule has 0 saturated heterocycles. The number of rotatable bonds is 6. The zero-order chi connectivity index (χ0) is 10.4. The van der Waals surface area contributed by atoms with Crippen LogP contribution in [0, 0.1) is 17.8 Å². The highest BCUT2D eigenvalue weighted by atomic mass is 16.4. The second-order valence-electron chi connectivity index (χ2n) is 3.62. The molecule has 0 aromatic heterocycles. The summed E-state index contributed by atoms with van der Waals surface area (Å²) in [5, 5.41) is 8.90. The molecule has 3 heteroatoms. The van der Waals surface area contributed by atoms with Crippen LogP contribution in [-0.2, 0) is 4.79 Å². The van der Waals surface area contributed by atoms with Gasteiger partial charge in [-0.15, -0.1) is 0 Å². The van der Waals surface area contributed by atoms with Crippen molar-refractivity contribution in [1.29, 1.82) is 0 Å². The van der Waals surface area contributed by atoms with E-state index in [4.69, 9.17) is 10.8 Å². The average molecular weight is 187 g/mol. The molecular formula is C10H21NO2. The molecule has 0 aromatic carbocycles. The van der Waals surface area contributed by atoms with Crippen LogP contribution < -0.4 is 5.73 Å². The number of hydrogen-bond donors (Lipinski definition) is 2. The monoisotopic (exact) mass is 187 g/mol. The number of hydrogen-bond acceptors (Lipinski definition) is 2. The first-order valence-electron chi connectivity index (χ1n) is 5.01. The van der Waals surface area contributed by atoms with E-state index < -0.39 is 5.97 Å². The van der Waals surface area contributed by atoms with Crippen LogP contribution in [0.15, 0.2) is 0 Å². The molecule has 0 aliphatic rings. The van der Waals surface area contributed by atoms with Crippen LogP contribution in [0.5, 0.6) is 0 Å². The van der Waals surface area contributed by atoms with Crippen LogP contribution in [0.25, 0.3) is 0 Å². The molecule has 0 bridgehead atoms. The highest BCUT2D eigenvalue weighted by Crippen LogP contribution is 2.25. The third-order valence-corrected chi connectivity index (χ3v) is 3.00. The fraction of sp³-hybridized carbons (Fsp3) is 0.900. The van der Waals surface area contributed by atoms with E-state index in [0.717, 1.165) is 12.8 Å². The fourth-order valence-corrected chi connectivity index (χ4v) is 1.90. The van der Waals surface area contributed by atoms with Gasteiger partial charge in [-0.25, -0.2) is 0 Å². The molecule has 3 nitrogen and oxygen atoms in total. The summed E-state index contributed by atoms with van der Waals surface area (Å²) in [5.41, 5.74) is 5.44. The van der Waals surface area contributed by atoms with Crippen molar-refractivity contribution < 1.29 is 9.90 Å². The lowest BCUT2D eigenvalue weighted by Crippen LogP contribution is -2.33. The lowest BCUT2D eigenvalue weighted by molar-refractivity contribution is -0.143. The van der Waals surface area contributed by atoms with E-state index in [1.54, 1.807) is 0 Å². The molecule has 0 spiro atoms. The molecule has 0 saturated carbocycles. The minimum Gasteiger partial charge on any atom is -0.481 e. The summed E-state index contributed by atoms with van der Waals surface area (Å²) in [6, 6.07) is 0. The van der Waals surface area contributed by atoms with Gasteiger partial charge in [-0.3, -0.25) is 4.79 Å². The predicted octanol–water partition coefficient (Wildman–Crippen LogP) is 1.72. The minimum atomic E-state index is -0.762. The smallest absolute Gasteiger partial charge is 0.308 e. The predicted molar refractivity (Wildman–Crippen MR) is 53.4 cm³/mol. The van der Waals surface area contributed by atoms with E-state index in [0.29, 0.717) is 5.92 Å². The molecule has 0 radical (unpaired) electrons. The summed E-state index contributed by atoms with van der Waals surface area (Å²) >= 11 is 0. The van der Waals surface area contributed by atoms with E-state index in [9.17, 15) is 4.79 Å². The first kappa shape index (κ1) is 12.4. The van der Waals surface area contributed by atoms with Crippen molar-refractivity contribution in [3.05, 3.63) is 0 Å². The van der Waals surface area contributed by atoms with Gasteiger partial charge in [0.2, 0.25) is 0 Å². The van der Waals surface area contributed by atoms with E-state index in [1.807, 2.05) is 6.92 Å². The van der Waals surface area contributed by atoms with E-state index >= 15 is 0 Å². The minimum absolute atomic E-state index is 0.178. The van der Waals surface area contributed by atoms with Crippen molar-refractivity contribution >= 4 is 5.97 Å². The van der Waals surface area contributed by atoms with Gasteiger partial charge in [-0.1, -0.05) is 33.6 Å². The van der Waals surface area contributed by atoms with Crippen molar-refractivity contribution in [2.75, 3.05) is 6.54 Å². The Balaban J connectivity index is 4.33. The molecule has 0 aliphatic carbocycles. The normalized spacial score (nSPS) is 15.8. The summed E-state index contributed by atoms with van der Waals surface area (Å²) in [6.07, 6.45) is 2.06. The van der Waals surface area contributed by atoms with Crippen LogP contribution in [-0.4, -0.2) is 17.6 Å². The molecule has 0 aliphatic heterocycles. The molecule has 0 fully saturated rings. The van der Waals surface area contributed by atoms with E-state index in [1.165, 1.54) is 0 Å². The van der Waals surface area contributed by atoms with Gasteiger partial charge >= 0.3 is 5.97 Å². The van der Waals surface area contributed by atoms with Crippen molar-refractivity contribution in [3.63, 3.8) is 0 Å². The van der Waals surface area contributed by atoms with Gasteiger partial charge in [0, 0.05) is 6.54 Å². The molecule has 3 N–H and O–H groups in total. The Labute approximate surface area is 80.3 Å². The standard InChI is InChI=1S/C10H21NO2/c1-4-8(5-2)7(3)9(6-11)10(12)13/h7-9H,4-6,11H2,1-3H3,(H,12,13). The molecule has 0 aromatic rings. The Morgan fingerprint density at radius 3 is 2.08 bits per heavy atom. The van der Waals surface area contributed by atoms with Crippen LogP contribution in [0.1, 0.15) is 33.6 Å². The zero-order valence-corrected chi connectivity index (χ0v) is 8.79. The van der Waals surface area contributed by atoms with Gasteiger partial charge in [0.05, 0.1) is 5.92 Å². The van der Waals surface area contributed by atoms with Crippen LogP contribution in [0.4, 0.5) is 0 Å². The van der Waals surface area contributed by atoms with Crippen LogP contribution in [0.3, 0.4) is 0 Å². The fourth-order valence-electron chi connectivity index (χ4n) is 1.90. The maximum Gasteiger partial charge on any atom is 0.308 e. The molecule has 13 heavy (non-hydrogen) atoms. The number of carboxylic acid groups (broad SMARTS) is 1. The van der Waals surface area contributed by atoms with Gasteiger partial charge in [0.1, 0.15) is 0 Å². The SMILES string of the molecule is CCC(CC)C(C)C(CN)C(=O)O. The number of carboxylic acids is 1. The molecule has 0 rings (SSSR count). The Hall–Kier alpha value is -0.570. The van der Waals surface area contributed by atoms with Crippen LogP contribution in [0.2, 0.25) is 0 Å². The summed E-state index contributed by atoms with van der Waals surface area (Å²) in [6.45, 7) is 6.43. The van der Waals surface area contributed by atoms with E-state index in [-0.39, 0.29) is 18.4 Å². The number of nitrogens with two attached hydrogens (primary N) is 1. The highest BCUT2D eigenvalue weighted by Gasteiger charge is 2.27. The van der Waals surface area contributed by atoms with Gasteiger partial charge in [-0.2, -0.15) is 0 Å². The lowest BCUT2D eigenvalue weighted by Gasteiger charge is -2.26. The van der Waals surface area contributed by atoms with Crippen molar-refractivity contribution in [2.45, 2.75) is 33.6 Å². The lowest BCUT2D eigenvalue weighted by atomic mass is 9.80. The summed E-state index contributed by atoms with van der Waals surface area (Å²) in [7, 11) is 0. The summed E-state index contributed by atoms with van der Waals surface area (Å²) in [4.78, 5) is 10.8. The second kappa shape index (κ2) is 5.97. The molecule has 2 atom stereocenters. The quantitative estimate of drug-likeness (QED) is 0.665. The maximum absolute atomic E-state index is 10.8. The van der Waals surface area contributed by atoms with E-state index in [2.05, 4.69) is 13.8 Å². The molecule has 0 heterocycles. The topological polar surface area (TPSA) is 63.3 Å². The Bertz CT molecular complexity index is 155. The largest absolute Gasteiger partial charge is 0.481 e. The first-order chi connectivity index (χ1) is 6.08. The van der Waals surface area contributed by atoms with Crippen molar-refractivity contribution in [3.8, 4) is 0 Å². The third kappa shape index (κ3) is 3.35. The zero-order valence-electron chi connectivity index (χ0n) is 8.79. The Morgan fingerprint density at radius 2 is 1.85 bits per heavy atom. The molecule has 2 unspecified atom stereocenters. The van der Waals surface area contributed by atoms with Crippen molar-refractivity contribution in [2.24, 2.45) is 23.5 Å². The number of carbonyl (C=O) groups is 1. The van der Waals surface area contributed by atoms with Crippen LogP contribution >= 0.6 is 0 Å². The Morgan fingerprint density at radius 1 is 1.38 bits per heavy atom. The Kier molecular flexibility index (Phi) is 5.71.